The van der Waals surface area contributed by atoms with E-state index >= 15 is 0 Å². The van der Waals surface area contributed by atoms with Gasteiger partial charge in [0.05, 0.1) is 4.75 Å². The van der Waals surface area contributed by atoms with E-state index in [1.54, 1.807) is 0 Å². The molecule has 0 atom stereocenters. The molecule has 0 aromatic carbocycles. The fourth-order valence-corrected chi connectivity index (χ4v) is 4.41. The molecular formula is C15H29NO2S. The fraction of sp³-hybridized carbons (Fsp3) is 1.00. The molecule has 2 rings (SSSR count). The van der Waals surface area contributed by atoms with Crippen molar-refractivity contribution >= 4 is 9.84 Å². The smallest absolute Gasteiger partial charge is 0.154 e. The van der Waals surface area contributed by atoms with E-state index in [-0.39, 0.29) is 0 Å². The van der Waals surface area contributed by atoms with Gasteiger partial charge in [0.2, 0.25) is 0 Å². The second kappa shape index (κ2) is 4.45. The van der Waals surface area contributed by atoms with Crippen molar-refractivity contribution in [2.24, 2.45) is 10.8 Å². The average Bonchev–Trinajstić information content (AvgIpc) is 3.00. The molecule has 0 radical (unpaired) electrons. The Morgan fingerprint density at radius 1 is 1.05 bits per heavy atom. The number of hydrogen-bond acceptors (Lipinski definition) is 3. The van der Waals surface area contributed by atoms with E-state index in [4.69, 9.17) is 0 Å². The SMILES string of the molecule is CC(C)(C)C1(C)CCN(CC2(S(C)(=O)=O)CC2)CC1. The van der Waals surface area contributed by atoms with Crippen molar-refractivity contribution < 1.29 is 8.42 Å². The Kier molecular flexibility index (Phi) is 3.59. The average molecular weight is 287 g/mol. The third-order valence-electron chi connectivity index (χ3n) is 5.88. The van der Waals surface area contributed by atoms with E-state index in [1.807, 2.05) is 0 Å². The number of sulfone groups is 1. The quantitative estimate of drug-likeness (QED) is 0.801. The maximum Gasteiger partial charge on any atom is 0.154 e. The molecule has 4 heteroatoms. The molecule has 1 heterocycles. The summed E-state index contributed by atoms with van der Waals surface area (Å²) in [4.78, 5) is 2.38. The predicted molar refractivity (Wildman–Crippen MR) is 80.0 cm³/mol. The number of nitrogens with zero attached hydrogens (tertiary/aromatic N) is 1. The van der Waals surface area contributed by atoms with Crippen molar-refractivity contribution in [3.63, 3.8) is 0 Å². The second-order valence-electron chi connectivity index (χ2n) is 8.04. The van der Waals surface area contributed by atoms with Crippen molar-refractivity contribution in [3.05, 3.63) is 0 Å². The van der Waals surface area contributed by atoms with Gasteiger partial charge in [0, 0.05) is 12.8 Å². The van der Waals surface area contributed by atoms with Crippen LogP contribution in [-0.2, 0) is 9.84 Å². The summed E-state index contributed by atoms with van der Waals surface area (Å²) in [5.74, 6) is 0. The Morgan fingerprint density at radius 3 is 1.84 bits per heavy atom. The predicted octanol–water partition coefficient (Wildman–Crippen LogP) is 2.71. The molecule has 2 fully saturated rings. The van der Waals surface area contributed by atoms with Gasteiger partial charge in [0.25, 0.3) is 0 Å². The molecule has 1 saturated carbocycles. The standard InChI is InChI=1S/C15H29NO2S/c1-13(2,3)14(4)8-10-16(11-9-14)12-15(6-7-15)19(5,17)18/h6-12H2,1-5H3. The Balaban J connectivity index is 1.95. The summed E-state index contributed by atoms with van der Waals surface area (Å²) in [5.41, 5.74) is 0.707. The molecule has 1 aliphatic heterocycles. The third-order valence-corrected chi connectivity index (χ3v) is 7.99. The molecule has 0 amide bonds. The zero-order valence-electron chi connectivity index (χ0n) is 13.1. The van der Waals surface area contributed by atoms with E-state index < -0.39 is 14.6 Å². The molecule has 0 spiro atoms. The van der Waals surface area contributed by atoms with Crippen molar-refractivity contribution in [3.8, 4) is 0 Å². The zero-order chi connectivity index (χ0) is 14.5. The van der Waals surface area contributed by atoms with Gasteiger partial charge in [-0.1, -0.05) is 27.7 Å². The molecule has 0 aromatic rings. The minimum atomic E-state index is -2.89. The molecule has 0 aromatic heterocycles. The summed E-state index contributed by atoms with van der Waals surface area (Å²) in [6.07, 6.45) is 5.48. The van der Waals surface area contributed by atoms with Crippen molar-refractivity contribution in [1.82, 2.24) is 4.90 Å². The van der Waals surface area contributed by atoms with Gasteiger partial charge in [-0.3, -0.25) is 0 Å². The highest BCUT2D eigenvalue weighted by molar-refractivity contribution is 7.92. The molecular weight excluding hydrogens is 258 g/mol. The van der Waals surface area contributed by atoms with Crippen LogP contribution in [0.1, 0.15) is 53.4 Å². The summed E-state index contributed by atoms with van der Waals surface area (Å²) < 4.78 is 23.3. The third kappa shape index (κ3) is 2.85. The van der Waals surface area contributed by atoms with E-state index in [0.29, 0.717) is 10.8 Å². The lowest BCUT2D eigenvalue weighted by Gasteiger charge is -2.48. The molecule has 0 unspecified atom stereocenters. The Labute approximate surface area is 118 Å². The first-order valence-electron chi connectivity index (χ1n) is 7.41. The number of rotatable bonds is 3. The summed E-state index contributed by atoms with van der Waals surface area (Å²) >= 11 is 0. The number of likely N-dealkylation sites (tertiary alicyclic amines) is 1. The summed E-state index contributed by atoms with van der Waals surface area (Å²) in [7, 11) is -2.89. The van der Waals surface area contributed by atoms with Crippen LogP contribution in [0.3, 0.4) is 0 Å². The lowest BCUT2D eigenvalue weighted by molar-refractivity contribution is 0.0218. The number of hydrogen-bond donors (Lipinski definition) is 0. The van der Waals surface area contributed by atoms with Gasteiger partial charge < -0.3 is 4.90 Å². The van der Waals surface area contributed by atoms with Gasteiger partial charge in [-0.2, -0.15) is 0 Å². The fourth-order valence-electron chi connectivity index (χ4n) is 3.15. The second-order valence-corrected chi connectivity index (χ2v) is 10.5. The van der Waals surface area contributed by atoms with Crippen LogP contribution >= 0.6 is 0 Å². The van der Waals surface area contributed by atoms with Gasteiger partial charge in [0.15, 0.2) is 9.84 Å². The minimum Gasteiger partial charge on any atom is -0.302 e. The largest absolute Gasteiger partial charge is 0.302 e. The monoisotopic (exact) mass is 287 g/mol. The van der Waals surface area contributed by atoms with Gasteiger partial charge in [-0.15, -0.1) is 0 Å². The molecule has 2 aliphatic rings. The molecule has 3 nitrogen and oxygen atoms in total. The summed E-state index contributed by atoms with van der Waals surface area (Å²) in [6.45, 7) is 12.2. The topological polar surface area (TPSA) is 37.4 Å². The van der Waals surface area contributed by atoms with Crippen molar-refractivity contribution in [2.45, 2.75) is 58.1 Å². The summed E-state index contributed by atoms with van der Waals surface area (Å²) in [6, 6.07) is 0. The van der Waals surface area contributed by atoms with Gasteiger partial charge in [0.1, 0.15) is 0 Å². The van der Waals surface area contributed by atoms with E-state index in [9.17, 15) is 8.42 Å². The van der Waals surface area contributed by atoms with Crippen LogP contribution in [0.2, 0.25) is 0 Å². The van der Waals surface area contributed by atoms with Gasteiger partial charge in [-0.25, -0.2) is 8.42 Å². The Hall–Kier alpha value is -0.0900. The first-order valence-corrected chi connectivity index (χ1v) is 9.30. The van der Waals surface area contributed by atoms with E-state index in [1.165, 1.54) is 19.1 Å². The Bertz CT molecular complexity index is 435. The van der Waals surface area contributed by atoms with E-state index in [2.05, 4.69) is 32.6 Å². The van der Waals surface area contributed by atoms with Crippen LogP contribution in [0.15, 0.2) is 0 Å². The highest BCUT2D eigenvalue weighted by Crippen LogP contribution is 2.48. The highest BCUT2D eigenvalue weighted by atomic mass is 32.2. The lowest BCUT2D eigenvalue weighted by atomic mass is 9.63. The molecule has 1 saturated heterocycles. The minimum absolute atomic E-state index is 0.327. The summed E-state index contributed by atoms with van der Waals surface area (Å²) in [5, 5.41) is 0. The molecule has 19 heavy (non-hydrogen) atoms. The molecule has 1 aliphatic carbocycles. The van der Waals surface area contributed by atoms with Crippen molar-refractivity contribution in [1.29, 1.82) is 0 Å². The first-order chi connectivity index (χ1) is 8.49. The van der Waals surface area contributed by atoms with E-state index in [0.717, 1.165) is 32.5 Å². The van der Waals surface area contributed by atoms with Crippen LogP contribution in [0, 0.1) is 10.8 Å². The highest BCUT2D eigenvalue weighted by Gasteiger charge is 2.53. The number of piperidine rings is 1. The van der Waals surface area contributed by atoms with Crippen LogP contribution < -0.4 is 0 Å². The van der Waals surface area contributed by atoms with Crippen LogP contribution in [0.4, 0.5) is 0 Å². The first kappa shape index (κ1) is 15.3. The maximum absolute atomic E-state index is 11.8. The Morgan fingerprint density at radius 2 is 1.53 bits per heavy atom. The van der Waals surface area contributed by atoms with Crippen LogP contribution in [0.25, 0.3) is 0 Å². The molecule has 0 N–H and O–H groups in total. The van der Waals surface area contributed by atoms with Gasteiger partial charge >= 0.3 is 0 Å². The molecule has 112 valence electrons. The normalized spacial score (nSPS) is 27.2. The van der Waals surface area contributed by atoms with Crippen LogP contribution in [0.5, 0.6) is 0 Å². The van der Waals surface area contributed by atoms with Crippen molar-refractivity contribution in [2.75, 3.05) is 25.9 Å². The van der Waals surface area contributed by atoms with Crippen LogP contribution in [-0.4, -0.2) is 44.0 Å². The maximum atomic E-state index is 11.8. The van der Waals surface area contributed by atoms with Gasteiger partial charge in [-0.05, 0) is 49.6 Å². The lowest BCUT2D eigenvalue weighted by Crippen LogP contribution is -2.48. The zero-order valence-corrected chi connectivity index (χ0v) is 13.9. The molecule has 0 bridgehead atoms.